The largest absolute Gasteiger partial charge is 0.357 e. The number of aryl methyl sites for hydroxylation is 1. The van der Waals surface area contributed by atoms with Gasteiger partial charge in [0, 0.05) is 24.2 Å². The van der Waals surface area contributed by atoms with Gasteiger partial charge in [0.25, 0.3) is 0 Å². The molecule has 0 saturated carbocycles. The van der Waals surface area contributed by atoms with Crippen molar-refractivity contribution < 1.29 is 0 Å². The zero-order valence-electron chi connectivity index (χ0n) is 17.2. The van der Waals surface area contributed by atoms with E-state index in [1.807, 2.05) is 6.20 Å². The second-order valence-corrected chi connectivity index (χ2v) is 8.48. The maximum Gasteiger partial charge on any atom is 0.191 e. The van der Waals surface area contributed by atoms with Crippen LogP contribution in [0.15, 0.2) is 35.5 Å². The number of hydrogen-bond acceptors (Lipinski definition) is 4. The van der Waals surface area contributed by atoms with Crippen LogP contribution in [-0.2, 0) is 26.1 Å². The third-order valence-electron chi connectivity index (χ3n) is 5.00. The Morgan fingerprint density at radius 2 is 1.82 bits per heavy atom. The van der Waals surface area contributed by atoms with Crippen molar-refractivity contribution in [3.63, 3.8) is 0 Å². The van der Waals surface area contributed by atoms with Crippen LogP contribution >= 0.6 is 11.3 Å². The normalized spacial score (nSPS) is 15.6. The maximum absolute atomic E-state index is 4.73. The van der Waals surface area contributed by atoms with E-state index < -0.39 is 0 Å². The molecule has 0 radical (unpaired) electrons. The average Bonchev–Trinajstić information content (AvgIpc) is 3.20. The third kappa shape index (κ3) is 6.60. The Labute approximate surface area is 173 Å². The van der Waals surface area contributed by atoms with Gasteiger partial charge in [-0.05, 0) is 50.4 Å². The zero-order chi connectivity index (χ0) is 19.6. The van der Waals surface area contributed by atoms with Crippen LogP contribution in [0.2, 0.25) is 0 Å². The van der Waals surface area contributed by atoms with Gasteiger partial charge in [0.15, 0.2) is 5.96 Å². The molecule has 152 valence electrons. The molecular weight excluding hydrogens is 366 g/mol. The molecule has 0 aliphatic carbocycles. The Morgan fingerprint density at radius 1 is 1.07 bits per heavy atom. The highest BCUT2D eigenvalue weighted by atomic mass is 32.1. The topological polar surface area (TPSA) is 52.6 Å². The third-order valence-corrected chi connectivity index (χ3v) is 6.14. The minimum absolute atomic E-state index is 0.678. The Kier molecular flexibility index (Phi) is 8.30. The fraction of sp³-hybridized carbons (Fsp3) is 0.545. The number of nitrogens with one attached hydrogen (secondary N) is 2. The summed E-state index contributed by atoms with van der Waals surface area (Å²) in [6.45, 7) is 10.0. The number of likely N-dealkylation sites (tertiary alicyclic amines) is 1. The van der Waals surface area contributed by atoms with Crippen LogP contribution in [-0.4, -0.2) is 35.5 Å². The molecule has 3 rings (SSSR count). The quantitative estimate of drug-likeness (QED) is 0.521. The first-order valence-electron chi connectivity index (χ1n) is 10.5. The summed E-state index contributed by atoms with van der Waals surface area (Å²) < 4.78 is 0. The van der Waals surface area contributed by atoms with Gasteiger partial charge in [-0.15, -0.1) is 11.3 Å². The molecule has 0 unspecified atom stereocenters. The van der Waals surface area contributed by atoms with Crippen molar-refractivity contribution in [1.29, 1.82) is 0 Å². The number of guanidine groups is 1. The second-order valence-electron chi connectivity index (χ2n) is 7.28. The first-order chi connectivity index (χ1) is 13.8. The highest BCUT2D eigenvalue weighted by Gasteiger charge is 2.10. The summed E-state index contributed by atoms with van der Waals surface area (Å²) in [4.78, 5) is 13.1. The lowest BCUT2D eigenvalue weighted by Gasteiger charge is -2.26. The summed E-state index contributed by atoms with van der Waals surface area (Å²) in [7, 11) is 0. The number of hydrogen-bond donors (Lipinski definition) is 2. The molecule has 1 aliphatic heterocycles. The van der Waals surface area contributed by atoms with E-state index in [9.17, 15) is 0 Å². The number of thiazole rings is 1. The summed E-state index contributed by atoms with van der Waals surface area (Å²) in [6.07, 6.45) is 7.08. The van der Waals surface area contributed by atoms with E-state index in [1.54, 1.807) is 11.3 Å². The summed E-state index contributed by atoms with van der Waals surface area (Å²) in [5, 5.41) is 7.81. The molecule has 6 heteroatoms. The molecule has 5 nitrogen and oxygen atoms in total. The Hall–Kier alpha value is -1.92. The van der Waals surface area contributed by atoms with E-state index in [1.165, 1.54) is 48.4 Å². The number of aliphatic imine (C=N–C) groups is 1. The predicted octanol–water partition coefficient (Wildman–Crippen LogP) is 3.95. The van der Waals surface area contributed by atoms with Gasteiger partial charge in [-0.3, -0.25) is 4.90 Å². The molecule has 1 aromatic carbocycles. The van der Waals surface area contributed by atoms with Crippen LogP contribution in [0, 0.1) is 0 Å². The SMILES string of the molecule is CCNC(=NCc1ccc(CN2CCCCC2)cc1)NCc1ncc(CC)s1. The van der Waals surface area contributed by atoms with Crippen molar-refractivity contribution in [3.8, 4) is 0 Å². The van der Waals surface area contributed by atoms with Crippen molar-refractivity contribution in [3.05, 3.63) is 51.5 Å². The molecule has 2 heterocycles. The Bertz CT molecular complexity index is 732. The standard InChI is InChI=1S/C22H33N5S/c1-3-20-15-24-21(28-20)16-26-22(23-4-2)25-14-18-8-10-19(11-9-18)17-27-12-6-5-7-13-27/h8-11,15H,3-7,12-14,16-17H2,1-2H3,(H2,23,25,26). The summed E-state index contributed by atoms with van der Waals surface area (Å²) in [5.41, 5.74) is 2.64. The van der Waals surface area contributed by atoms with E-state index in [0.717, 1.165) is 30.5 Å². The highest BCUT2D eigenvalue weighted by Crippen LogP contribution is 2.14. The van der Waals surface area contributed by atoms with E-state index >= 15 is 0 Å². The first kappa shape index (κ1) is 20.8. The van der Waals surface area contributed by atoms with Gasteiger partial charge in [-0.2, -0.15) is 0 Å². The molecule has 2 N–H and O–H groups in total. The Balaban J connectivity index is 1.51. The van der Waals surface area contributed by atoms with Crippen molar-refractivity contribution in [1.82, 2.24) is 20.5 Å². The van der Waals surface area contributed by atoms with Crippen LogP contribution in [0.4, 0.5) is 0 Å². The van der Waals surface area contributed by atoms with Crippen molar-refractivity contribution in [2.24, 2.45) is 4.99 Å². The molecular formula is C22H33N5S. The summed E-state index contributed by atoms with van der Waals surface area (Å²) in [6, 6.07) is 8.92. The molecule has 0 bridgehead atoms. The second kappa shape index (κ2) is 11.2. The van der Waals surface area contributed by atoms with Gasteiger partial charge in [-0.1, -0.05) is 37.6 Å². The lowest BCUT2D eigenvalue weighted by atomic mass is 10.1. The van der Waals surface area contributed by atoms with Gasteiger partial charge in [0.05, 0.1) is 13.1 Å². The molecule has 1 aliphatic rings. The maximum atomic E-state index is 4.73. The van der Waals surface area contributed by atoms with E-state index in [4.69, 9.17) is 4.99 Å². The smallest absolute Gasteiger partial charge is 0.191 e. The van der Waals surface area contributed by atoms with Crippen molar-refractivity contribution >= 4 is 17.3 Å². The zero-order valence-corrected chi connectivity index (χ0v) is 18.0. The molecule has 0 spiro atoms. The number of piperidine rings is 1. The lowest BCUT2D eigenvalue weighted by Crippen LogP contribution is -2.36. The molecule has 1 fully saturated rings. The fourth-order valence-corrected chi connectivity index (χ4v) is 4.19. The molecule has 2 aromatic rings. The first-order valence-corrected chi connectivity index (χ1v) is 11.3. The summed E-state index contributed by atoms with van der Waals surface area (Å²) in [5.74, 6) is 0.841. The molecule has 1 aromatic heterocycles. The van der Waals surface area contributed by atoms with Crippen molar-refractivity contribution in [2.75, 3.05) is 19.6 Å². The highest BCUT2D eigenvalue weighted by molar-refractivity contribution is 7.11. The predicted molar refractivity (Wildman–Crippen MR) is 119 cm³/mol. The summed E-state index contributed by atoms with van der Waals surface area (Å²) >= 11 is 1.76. The number of nitrogens with zero attached hydrogens (tertiary/aromatic N) is 3. The van der Waals surface area contributed by atoms with Gasteiger partial charge < -0.3 is 10.6 Å². The van der Waals surface area contributed by atoms with Gasteiger partial charge in [-0.25, -0.2) is 9.98 Å². The van der Waals surface area contributed by atoms with E-state index in [0.29, 0.717) is 13.1 Å². The van der Waals surface area contributed by atoms with Gasteiger partial charge in [0.2, 0.25) is 0 Å². The molecule has 1 saturated heterocycles. The number of rotatable bonds is 8. The Morgan fingerprint density at radius 3 is 2.50 bits per heavy atom. The monoisotopic (exact) mass is 399 g/mol. The van der Waals surface area contributed by atoms with Crippen molar-refractivity contribution in [2.45, 2.75) is 59.2 Å². The van der Waals surface area contributed by atoms with Crippen LogP contribution in [0.5, 0.6) is 0 Å². The minimum atomic E-state index is 0.678. The van der Waals surface area contributed by atoms with Crippen LogP contribution in [0.1, 0.15) is 54.1 Å². The van der Waals surface area contributed by atoms with Crippen LogP contribution < -0.4 is 10.6 Å². The minimum Gasteiger partial charge on any atom is -0.357 e. The fourth-order valence-electron chi connectivity index (χ4n) is 3.39. The average molecular weight is 400 g/mol. The van der Waals surface area contributed by atoms with Crippen LogP contribution in [0.3, 0.4) is 0 Å². The van der Waals surface area contributed by atoms with Gasteiger partial charge in [0.1, 0.15) is 5.01 Å². The molecule has 0 amide bonds. The molecule has 28 heavy (non-hydrogen) atoms. The number of benzene rings is 1. The lowest BCUT2D eigenvalue weighted by molar-refractivity contribution is 0.221. The van der Waals surface area contributed by atoms with Crippen LogP contribution in [0.25, 0.3) is 0 Å². The number of aromatic nitrogens is 1. The van der Waals surface area contributed by atoms with E-state index in [2.05, 4.69) is 58.6 Å². The van der Waals surface area contributed by atoms with Gasteiger partial charge >= 0.3 is 0 Å². The van der Waals surface area contributed by atoms with E-state index in [-0.39, 0.29) is 0 Å². The molecule has 0 atom stereocenters.